The van der Waals surface area contributed by atoms with E-state index < -0.39 is 47.8 Å². The van der Waals surface area contributed by atoms with Crippen LogP contribution in [0.5, 0.6) is 0 Å². The molecule has 1 aromatic carbocycles. The number of benzene rings is 1. The summed E-state index contributed by atoms with van der Waals surface area (Å²) in [6, 6.07) is 3.87. The summed E-state index contributed by atoms with van der Waals surface area (Å²) in [7, 11) is 1.38. The molecule has 11 heteroatoms. The largest absolute Gasteiger partial charge is 0.478 e. The zero-order valence-electron chi connectivity index (χ0n) is 20.3. The SMILES string of the molecule is COCN1C(C)=C(C(=O)O)C(c2ccc(C(F)(F)F)cc2)C(C(=O)OCOC(=O)C(C)(C)C)=C1C. The number of halogens is 3. The van der Waals surface area contributed by atoms with Crippen molar-refractivity contribution >= 4 is 17.9 Å². The van der Waals surface area contributed by atoms with Gasteiger partial charge < -0.3 is 24.2 Å². The highest BCUT2D eigenvalue weighted by atomic mass is 19.4. The number of alkyl halides is 3. The maximum Gasteiger partial charge on any atom is 0.416 e. The van der Waals surface area contributed by atoms with Crippen molar-refractivity contribution < 1.29 is 46.9 Å². The van der Waals surface area contributed by atoms with Gasteiger partial charge in [0.2, 0.25) is 6.79 Å². The van der Waals surface area contributed by atoms with Crippen LogP contribution >= 0.6 is 0 Å². The first-order valence-electron chi connectivity index (χ1n) is 10.5. The summed E-state index contributed by atoms with van der Waals surface area (Å²) in [5.41, 5.74) is -1.45. The van der Waals surface area contributed by atoms with E-state index >= 15 is 0 Å². The molecule has 0 saturated carbocycles. The molecule has 35 heavy (non-hydrogen) atoms. The van der Waals surface area contributed by atoms with Gasteiger partial charge in [0.15, 0.2) is 0 Å². The normalized spacial score (nSPS) is 16.9. The highest BCUT2D eigenvalue weighted by molar-refractivity contribution is 5.99. The fraction of sp³-hybridized carbons (Fsp3) is 0.458. The highest BCUT2D eigenvalue weighted by Gasteiger charge is 2.40. The van der Waals surface area contributed by atoms with Crippen LogP contribution in [0.2, 0.25) is 0 Å². The molecule has 0 saturated heterocycles. The second-order valence-electron chi connectivity index (χ2n) is 8.93. The van der Waals surface area contributed by atoms with E-state index in [4.69, 9.17) is 14.2 Å². The van der Waals surface area contributed by atoms with Gasteiger partial charge in [-0.05, 0) is 52.3 Å². The molecule has 1 aromatic rings. The summed E-state index contributed by atoms with van der Waals surface area (Å²) in [5, 5.41) is 9.99. The predicted octanol–water partition coefficient (Wildman–Crippen LogP) is 4.43. The van der Waals surface area contributed by atoms with Gasteiger partial charge in [-0.25, -0.2) is 9.59 Å². The van der Waals surface area contributed by atoms with Crippen molar-refractivity contribution in [3.8, 4) is 0 Å². The molecule has 0 radical (unpaired) electrons. The van der Waals surface area contributed by atoms with Crippen LogP contribution in [0.3, 0.4) is 0 Å². The van der Waals surface area contributed by atoms with Gasteiger partial charge in [0.25, 0.3) is 0 Å². The van der Waals surface area contributed by atoms with E-state index in [1.165, 1.54) is 25.9 Å². The Morgan fingerprint density at radius 1 is 0.971 bits per heavy atom. The number of hydrogen-bond donors (Lipinski definition) is 1. The molecule has 8 nitrogen and oxygen atoms in total. The summed E-state index contributed by atoms with van der Waals surface area (Å²) in [5.74, 6) is -4.22. The van der Waals surface area contributed by atoms with E-state index in [1.54, 1.807) is 20.8 Å². The molecule has 2 rings (SSSR count). The first kappa shape index (κ1) is 27.9. The van der Waals surface area contributed by atoms with Gasteiger partial charge >= 0.3 is 24.1 Å². The van der Waals surface area contributed by atoms with Gasteiger partial charge in [-0.1, -0.05) is 12.1 Å². The number of rotatable bonds is 7. The molecule has 0 amide bonds. The van der Waals surface area contributed by atoms with E-state index in [2.05, 4.69) is 0 Å². The number of nitrogens with zero attached hydrogens (tertiary/aromatic N) is 1. The third-order valence-electron chi connectivity index (χ3n) is 5.44. The lowest BCUT2D eigenvalue weighted by molar-refractivity contribution is -0.171. The van der Waals surface area contributed by atoms with Gasteiger partial charge in [-0.15, -0.1) is 0 Å². The number of hydrogen-bond acceptors (Lipinski definition) is 7. The average Bonchev–Trinajstić information content (AvgIpc) is 2.74. The Labute approximate surface area is 200 Å². The number of ether oxygens (including phenoxy) is 3. The smallest absolute Gasteiger partial charge is 0.416 e. The highest BCUT2D eigenvalue weighted by Crippen LogP contribution is 2.43. The molecular formula is C24H28F3NO7. The lowest BCUT2D eigenvalue weighted by Crippen LogP contribution is -2.36. The number of aliphatic carboxylic acids is 1. The summed E-state index contributed by atoms with van der Waals surface area (Å²) in [6.07, 6.45) is -4.59. The van der Waals surface area contributed by atoms with Crippen molar-refractivity contribution in [2.75, 3.05) is 20.6 Å². The Morgan fingerprint density at radius 3 is 1.97 bits per heavy atom. The monoisotopic (exact) mass is 499 g/mol. The molecular weight excluding hydrogens is 471 g/mol. The predicted molar refractivity (Wildman–Crippen MR) is 117 cm³/mol. The van der Waals surface area contributed by atoms with E-state index in [-0.39, 0.29) is 34.8 Å². The number of esters is 2. The van der Waals surface area contributed by atoms with E-state index in [0.29, 0.717) is 0 Å². The van der Waals surface area contributed by atoms with Crippen LogP contribution in [0.15, 0.2) is 46.8 Å². The topological polar surface area (TPSA) is 102 Å². The molecule has 1 aliphatic heterocycles. The number of carbonyl (C=O) groups is 3. The molecule has 1 heterocycles. The van der Waals surface area contributed by atoms with Crippen molar-refractivity contribution in [3.63, 3.8) is 0 Å². The Bertz CT molecular complexity index is 1050. The third kappa shape index (κ3) is 6.21. The Morgan fingerprint density at radius 2 is 1.51 bits per heavy atom. The number of allylic oxidation sites excluding steroid dienone is 2. The lowest BCUT2D eigenvalue weighted by atomic mass is 9.79. The minimum atomic E-state index is -4.59. The second-order valence-corrected chi connectivity index (χ2v) is 8.93. The summed E-state index contributed by atoms with van der Waals surface area (Å²) < 4.78 is 54.5. The molecule has 1 aliphatic rings. The molecule has 1 unspecified atom stereocenters. The van der Waals surface area contributed by atoms with Crippen LogP contribution in [0.4, 0.5) is 13.2 Å². The average molecular weight is 499 g/mol. The maximum absolute atomic E-state index is 13.1. The number of carboxylic acid groups (broad SMARTS) is 1. The fourth-order valence-corrected chi connectivity index (χ4v) is 3.60. The number of carboxylic acids is 1. The van der Waals surface area contributed by atoms with Crippen molar-refractivity contribution in [1.29, 1.82) is 0 Å². The molecule has 192 valence electrons. The Kier molecular flexibility index (Phi) is 8.38. The quantitative estimate of drug-likeness (QED) is 0.434. The minimum Gasteiger partial charge on any atom is -0.478 e. The van der Waals surface area contributed by atoms with Crippen LogP contribution in [0, 0.1) is 5.41 Å². The lowest BCUT2D eigenvalue weighted by Gasteiger charge is -2.37. The fourth-order valence-electron chi connectivity index (χ4n) is 3.60. The van der Waals surface area contributed by atoms with Gasteiger partial charge in [0.1, 0.15) is 6.73 Å². The maximum atomic E-state index is 13.1. The van der Waals surface area contributed by atoms with Crippen molar-refractivity contribution in [3.05, 3.63) is 57.9 Å². The first-order chi connectivity index (χ1) is 16.1. The van der Waals surface area contributed by atoms with Crippen molar-refractivity contribution in [2.45, 2.75) is 46.7 Å². The van der Waals surface area contributed by atoms with Gasteiger partial charge in [-0.2, -0.15) is 13.2 Å². The zero-order valence-corrected chi connectivity index (χ0v) is 20.3. The molecule has 1 N–H and O–H groups in total. The standard InChI is InChI=1S/C24H28F3NO7/c1-13-17(20(29)30)19(15-7-9-16(10-8-15)24(25,26)27)18(14(2)28(13)11-33-6)21(31)34-12-35-22(32)23(3,4)5/h7-10,19H,11-12H2,1-6H3,(H,29,30). The van der Waals surface area contributed by atoms with Gasteiger partial charge in [0, 0.05) is 18.5 Å². The van der Waals surface area contributed by atoms with Crippen LogP contribution in [0.25, 0.3) is 0 Å². The molecule has 0 bridgehead atoms. The van der Waals surface area contributed by atoms with Crippen LogP contribution in [-0.2, 0) is 34.8 Å². The molecule has 1 atom stereocenters. The molecule has 0 spiro atoms. The van der Waals surface area contributed by atoms with E-state index in [9.17, 15) is 32.7 Å². The van der Waals surface area contributed by atoms with Gasteiger partial charge in [-0.3, -0.25) is 4.79 Å². The Hall–Kier alpha value is -3.34. The summed E-state index contributed by atoms with van der Waals surface area (Å²) in [4.78, 5) is 38.8. The van der Waals surface area contributed by atoms with Gasteiger partial charge in [0.05, 0.1) is 28.0 Å². The van der Waals surface area contributed by atoms with Crippen molar-refractivity contribution in [2.24, 2.45) is 5.41 Å². The van der Waals surface area contributed by atoms with E-state index in [1.807, 2.05) is 0 Å². The minimum absolute atomic E-state index is 0.0933. The van der Waals surface area contributed by atoms with Crippen LogP contribution in [0.1, 0.15) is 51.7 Å². The van der Waals surface area contributed by atoms with Crippen LogP contribution in [-0.4, -0.2) is 48.5 Å². The summed E-state index contributed by atoms with van der Waals surface area (Å²) in [6.45, 7) is 7.07. The first-order valence-corrected chi connectivity index (χ1v) is 10.5. The van der Waals surface area contributed by atoms with Crippen molar-refractivity contribution in [1.82, 2.24) is 4.90 Å². The Balaban J connectivity index is 2.55. The molecule has 0 aliphatic carbocycles. The number of carbonyl (C=O) groups excluding carboxylic acids is 2. The third-order valence-corrected chi connectivity index (χ3v) is 5.44. The zero-order chi connectivity index (χ0) is 26.7. The summed E-state index contributed by atoms with van der Waals surface area (Å²) >= 11 is 0. The van der Waals surface area contributed by atoms with Crippen LogP contribution < -0.4 is 0 Å². The van der Waals surface area contributed by atoms with E-state index in [0.717, 1.165) is 24.3 Å². The molecule has 0 aromatic heterocycles. The number of methoxy groups -OCH3 is 1. The molecule has 0 fully saturated rings. The second kappa shape index (κ2) is 10.5.